The molecule has 1 aromatic heterocycles. The Hall–Kier alpha value is -2.95. The van der Waals surface area contributed by atoms with Crippen molar-refractivity contribution in [2.24, 2.45) is 10.8 Å². The van der Waals surface area contributed by atoms with Gasteiger partial charge in [-0.05, 0) is 54.7 Å². The molecule has 2 unspecified atom stereocenters. The molecule has 1 saturated heterocycles. The fraction of sp³-hybridized carbons (Fsp3) is 0.423. The molecule has 3 aromatic rings. The number of rotatable bonds is 3. The van der Waals surface area contributed by atoms with Crippen LogP contribution in [0, 0.1) is 17.8 Å². The Labute approximate surface area is 184 Å². The normalized spacial score (nSPS) is 24.4. The van der Waals surface area contributed by atoms with E-state index in [0.29, 0.717) is 5.82 Å². The van der Waals surface area contributed by atoms with Crippen molar-refractivity contribution in [3.63, 3.8) is 0 Å². The van der Waals surface area contributed by atoms with Gasteiger partial charge in [0, 0.05) is 18.2 Å². The van der Waals surface area contributed by atoms with Gasteiger partial charge in [0.2, 0.25) is 5.82 Å². The van der Waals surface area contributed by atoms with Gasteiger partial charge in [-0.15, -0.1) is 5.10 Å². The van der Waals surface area contributed by atoms with E-state index in [-0.39, 0.29) is 28.6 Å². The Morgan fingerprint density at radius 1 is 1.03 bits per heavy atom. The van der Waals surface area contributed by atoms with Crippen molar-refractivity contribution in [2.45, 2.75) is 53.0 Å². The quantitative estimate of drug-likeness (QED) is 0.586. The van der Waals surface area contributed by atoms with Gasteiger partial charge in [-0.3, -0.25) is 4.79 Å². The van der Waals surface area contributed by atoms with Crippen LogP contribution in [0.15, 0.2) is 54.6 Å². The van der Waals surface area contributed by atoms with Crippen LogP contribution >= 0.6 is 0 Å². The lowest BCUT2D eigenvalue weighted by Crippen LogP contribution is -2.38. The van der Waals surface area contributed by atoms with Gasteiger partial charge >= 0.3 is 0 Å². The van der Waals surface area contributed by atoms with Gasteiger partial charge in [0.05, 0.1) is 5.69 Å². The lowest BCUT2D eigenvalue weighted by Gasteiger charge is -2.39. The van der Waals surface area contributed by atoms with Crippen molar-refractivity contribution < 1.29 is 4.79 Å². The highest BCUT2D eigenvalue weighted by Gasteiger charge is 2.51. The highest BCUT2D eigenvalue weighted by atomic mass is 16.2. The van der Waals surface area contributed by atoms with Crippen LogP contribution in [0.2, 0.25) is 0 Å². The first-order chi connectivity index (χ1) is 14.7. The Balaban J connectivity index is 1.55. The maximum atomic E-state index is 13.6. The summed E-state index contributed by atoms with van der Waals surface area (Å²) in [5.41, 5.74) is 3.45. The summed E-state index contributed by atoms with van der Waals surface area (Å²) in [5.74, 6) is 0.938. The molecule has 0 radical (unpaired) electrons. The maximum absolute atomic E-state index is 13.6. The highest BCUT2D eigenvalue weighted by Crippen LogP contribution is 2.52. The smallest absolute Gasteiger partial charge is 0.293 e. The number of amides is 1. The fourth-order valence-electron chi connectivity index (χ4n) is 5.94. The monoisotopic (exact) mass is 414 g/mol. The number of carbonyl (C=O) groups excluding carboxylic acids is 1. The van der Waals surface area contributed by atoms with Crippen molar-refractivity contribution in [1.29, 1.82) is 0 Å². The summed E-state index contributed by atoms with van der Waals surface area (Å²) in [6.45, 7) is 9.82. The third-order valence-corrected chi connectivity index (χ3v) is 6.75. The van der Waals surface area contributed by atoms with E-state index in [2.05, 4.69) is 39.8 Å². The first kappa shape index (κ1) is 20.0. The van der Waals surface area contributed by atoms with Gasteiger partial charge in [0.1, 0.15) is 0 Å². The summed E-state index contributed by atoms with van der Waals surface area (Å²) >= 11 is 0. The molecule has 5 heteroatoms. The molecular weight excluding hydrogens is 384 g/mol. The van der Waals surface area contributed by atoms with E-state index in [1.165, 1.54) is 0 Å². The SMILES string of the molecule is Cc1cccc(-n2nc(C(=O)N3CC4(C)CC3CC(C)(C)C4)nc2-c2ccccc2)c1. The van der Waals surface area contributed by atoms with Gasteiger partial charge in [0.25, 0.3) is 5.91 Å². The number of carbonyl (C=O) groups is 1. The summed E-state index contributed by atoms with van der Waals surface area (Å²) in [4.78, 5) is 20.4. The van der Waals surface area contributed by atoms with Crippen LogP contribution in [0.4, 0.5) is 0 Å². The summed E-state index contributed by atoms with van der Waals surface area (Å²) in [7, 11) is 0. The first-order valence-electron chi connectivity index (χ1n) is 11.1. The third kappa shape index (κ3) is 3.67. The van der Waals surface area contributed by atoms with Gasteiger partial charge in [-0.2, -0.15) is 0 Å². The van der Waals surface area contributed by atoms with Crippen LogP contribution in [-0.4, -0.2) is 38.2 Å². The number of fused-ring (bicyclic) bond motifs is 2. The standard InChI is InChI=1S/C26H30N4O/c1-18-9-8-12-20(13-18)30-23(19-10-6-5-7-11-19)27-22(28-30)24(31)29-17-26(4)15-21(29)14-25(2,3)16-26/h5-13,21H,14-17H2,1-4H3. The molecule has 0 spiro atoms. The molecule has 31 heavy (non-hydrogen) atoms. The zero-order chi connectivity index (χ0) is 21.8. The largest absolute Gasteiger partial charge is 0.332 e. The Kier molecular flexibility index (Phi) is 4.54. The fourth-order valence-corrected chi connectivity index (χ4v) is 5.94. The summed E-state index contributed by atoms with van der Waals surface area (Å²) in [6.07, 6.45) is 3.27. The Bertz CT molecular complexity index is 1130. The molecule has 1 aliphatic heterocycles. The second-order valence-corrected chi connectivity index (χ2v) is 10.5. The van der Waals surface area contributed by atoms with E-state index in [0.717, 1.165) is 42.6 Å². The van der Waals surface area contributed by atoms with E-state index in [4.69, 9.17) is 10.1 Å². The number of hydrogen-bond donors (Lipinski definition) is 0. The van der Waals surface area contributed by atoms with Crippen LogP contribution in [0.5, 0.6) is 0 Å². The van der Waals surface area contributed by atoms with Gasteiger partial charge < -0.3 is 4.90 Å². The van der Waals surface area contributed by atoms with E-state index in [9.17, 15) is 4.79 Å². The van der Waals surface area contributed by atoms with Crippen molar-refractivity contribution in [3.8, 4) is 17.1 Å². The van der Waals surface area contributed by atoms with Crippen LogP contribution in [0.3, 0.4) is 0 Å². The molecule has 1 amide bonds. The van der Waals surface area contributed by atoms with Crippen molar-refractivity contribution in [3.05, 3.63) is 66.0 Å². The molecule has 5 rings (SSSR count). The van der Waals surface area contributed by atoms with E-state index >= 15 is 0 Å². The Morgan fingerprint density at radius 2 is 1.81 bits per heavy atom. The van der Waals surface area contributed by atoms with E-state index in [1.807, 2.05) is 52.0 Å². The minimum absolute atomic E-state index is 0.0463. The number of hydrogen-bond acceptors (Lipinski definition) is 3. The lowest BCUT2D eigenvalue weighted by molar-refractivity contribution is 0.0696. The molecule has 160 valence electrons. The van der Waals surface area contributed by atoms with Crippen LogP contribution < -0.4 is 0 Å². The minimum Gasteiger partial charge on any atom is -0.332 e. The molecule has 2 heterocycles. The molecule has 1 saturated carbocycles. The average Bonchev–Trinajstić information content (AvgIpc) is 3.26. The number of aryl methyl sites for hydroxylation is 1. The van der Waals surface area contributed by atoms with Crippen molar-refractivity contribution in [1.82, 2.24) is 19.7 Å². The molecule has 1 aliphatic carbocycles. The van der Waals surface area contributed by atoms with Gasteiger partial charge in [-0.1, -0.05) is 63.2 Å². The van der Waals surface area contributed by atoms with Gasteiger partial charge in [-0.25, -0.2) is 9.67 Å². The molecule has 2 fully saturated rings. The predicted octanol–water partition coefficient (Wildman–Crippen LogP) is 5.28. The summed E-state index contributed by atoms with van der Waals surface area (Å²) in [6, 6.07) is 18.4. The predicted molar refractivity (Wildman–Crippen MR) is 122 cm³/mol. The molecule has 0 N–H and O–H groups in total. The summed E-state index contributed by atoms with van der Waals surface area (Å²) in [5, 5.41) is 4.73. The summed E-state index contributed by atoms with van der Waals surface area (Å²) < 4.78 is 1.81. The molecule has 2 aliphatic rings. The van der Waals surface area contributed by atoms with Crippen LogP contribution in [-0.2, 0) is 0 Å². The first-order valence-corrected chi connectivity index (χ1v) is 11.1. The van der Waals surface area contributed by atoms with Crippen LogP contribution in [0.25, 0.3) is 17.1 Å². The van der Waals surface area contributed by atoms with Crippen molar-refractivity contribution >= 4 is 5.91 Å². The number of benzene rings is 2. The molecule has 5 nitrogen and oxygen atoms in total. The average molecular weight is 415 g/mol. The number of nitrogens with zero attached hydrogens (tertiary/aromatic N) is 4. The zero-order valence-electron chi connectivity index (χ0n) is 18.8. The Morgan fingerprint density at radius 3 is 2.55 bits per heavy atom. The van der Waals surface area contributed by atoms with E-state index < -0.39 is 0 Å². The highest BCUT2D eigenvalue weighted by molar-refractivity contribution is 5.91. The lowest BCUT2D eigenvalue weighted by atomic mass is 9.65. The number of likely N-dealkylation sites (tertiary alicyclic amines) is 1. The zero-order valence-corrected chi connectivity index (χ0v) is 18.8. The molecular formula is C26H30N4O. The second kappa shape index (κ2) is 7.04. The van der Waals surface area contributed by atoms with E-state index in [1.54, 1.807) is 0 Å². The molecule has 2 aromatic carbocycles. The van der Waals surface area contributed by atoms with Crippen molar-refractivity contribution in [2.75, 3.05) is 6.54 Å². The van der Waals surface area contributed by atoms with Gasteiger partial charge in [0.15, 0.2) is 5.82 Å². The number of aromatic nitrogens is 3. The third-order valence-electron chi connectivity index (χ3n) is 6.75. The second-order valence-electron chi connectivity index (χ2n) is 10.5. The molecule has 2 atom stereocenters. The topological polar surface area (TPSA) is 51.0 Å². The molecule has 2 bridgehead atoms. The minimum atomic E-state index is -0.0463. The van der Waals surface area contributed by atoms with Crippen LogP contribution in [0.1, 0.15) is 56.2 Å². The maximum Gasteiger partial charge on any atom is 0.293 e.